The van der Waals surface area contributed by atoms with Gasteiger partial charge in [-0.15, -0.1) is 0 Å². The molecule has 0 unspecified atom stereocenters. The summed E-state index contributed by atoms with van der Waals surface area (Å²) in [5, 5.41) is 12.4. The van der Waals surface area contributed by atoms with Gasteiger partial charge in [0.25, 0.3) is 0 Å². The normalized spacial score (nSPS) is 11.2. The number of aliphatic hydroxyl groups is 1. The molecular formula is C14H12AsF2IN3O4. The zero-order valence-corrected chi connectivity index (χ0v) is 16.8. The predicted octanol–water partition coefficient (Wildman–Crippen LogP) is -1.03. The molecule has 2 rings (SSSR count). The molecule has 0 bridgehead atoms. The van der Waals surface area contributed by atoms with E-state index in [9.17, 15) is 18.4 Å². The summed E-state index contributed by atoms with van der Waals surface area (Å²) < 4.78 is 29.8. The molecule has 2 aromatic rings. The molecule has 25 heavy (non-hydrogen) atoms. The Hall–Kier alpha value is -1.36. The van der Waals surface area contributed by atoms with Gasteiger partial charge in [-0.3, -0.25) is 0 Å². The molecule has 1 radical (unpaired) electrons. The first kappa shape index (κ1) is 20.0. The van der Waals surface area contributed by atoms with Crippen molar-refractivity contribution in [2.24, 2.45) is 7.05 Å². The maximum absolute atomic E-state index is 14.4. The molecule has 1 amide bonds. The van der Waals surface area contributed by atoms with E-state index >= 15 is 0 Å². The number of carbonyl (C=O) groups is 1. The number of nitrogens with one attached hydrogen (secondary N) is 1. The van der Waals surface area contributed by atoms with Gasteiger partial charge in [0.2, 0.25) is 0 Å². The quantitative estimate of drug-likeness (QED) is 0.218. The number of carbonyl (C=O) groups excluding carboxylic acids is 1. The summed E-state index contributed by atoms with van der Waals surface area (Å²) in [5.41, 5.74) is 0.625. The van der Waals surface area contributed by atoms with Gasteiger partial charge in [0, 0.05) is 0 Å². The topological polar surface area (TPSA) is 93.5 Å². The molecule has 0 aliphatic heterocycles. The Labute approximate surface area is 161 Å². The van der Waals surface area contributed by atoms with Crippen molar-refractivity contribution in [2.75, 3.05) is 13.2 Å². The first-order valence-electron chi connectivity index (χ1n) is 6.81. The van der Waals surface area contributed by atoms with Gasteiger partial charge in [0.05, 0.1) is 0 Å². The molecular weight excluding hydrogens is 514 g/mol. The van der Waals surface area contributed by atoms with Crippen LogP contribution in [0.4, 0.5) is 8.78 Å². The fraction of sp³-hybridized carbons (Fsp3) is 0.214. The molecule has 0 atom stereocenters. The van der Waals surface area contributed by atoms with Gasteiger partial charge in [0.15, 0.2) is 0 Å². The Bertz CT molecular complexity index is 863. The van der Waals surface area contributed by atoms with Crippen molar-refractivity contribution >= 4 is 53.0 Å². The summed E-state index contributed by atoms with van der Waals surface area (Å²) in [7, 11) is 1.20. The molecule has 0 fully saturated rings. The van der Waals surface area contributed by atoms with Crippen LogP contribution in [-0.2, 0) is 11.9 Å². The number of amides is 1. The van der Waals surface area contributed by atoms with Crippen molar-refractivity contribution in [2.45, 2.75) is 0 Å². The number of hydrogen-bond donors (Lipinski definition) is 2. The van der Waals surface area contributed by atoms with Crippen molar-refractivity contribution in [3.8, 4) is 0 Å². The van der Waals surface area contributed by atoms with Crippen LogP contribution in [0, 0.1) is 15.2 Å². The number of aromatic nitrogens is 2. The molecule has 0 saturated heterocycles. The van der Waals surface area contributed by atoms with Gasteiger partial charge in [0.1, 0.15) is 0 Å². The molecule has 7 nitrogen and oxygen atoms in total. The van der Waals surface area contributed by atoms with Crippen LogP contribution in [0.5, 0.6) is 0 Å². The number of hydrogen-bond acceptors (Lipinski definition) is 5. The summed E-state index contributed by atoms with van der Waals surface area (Å²) in [5.74, 6) is -2.59. The van der Waals surface area contributed by atoms with Crippen molar-refractivity contribution in [3.05, 3.63) is 49.5 Å². The number of halogens is 3. The van der Waals surface area contributed by atoms with E-state index in [4.69, 9.17) is 5.11 Å². The Morgan fingerprint density at radius 2 is 2.20 bits per heavy atom. The SMILES string of the molecule is Cn1nc(C(=O)NOCCO)c([As]c2ccc(I)cc2F)c(F)c1=O. The van der Waals surface area contributed by atoms with Crippen LogP contribution in [0.15, 0.2) is 23.0 Å². The zero-order valence-electron chi connectivity index (χ0n) is 12.8. The Morgan fingerprint density at radius 1 is 1.48 bits per heavy atom. The molecule has 133 valence electrons. The summed E-state index contributed by atoms with van der Waals surface area (Å²) in [6, 6.07) is 4.41. The first-order chi connectivity index (χ1) is 11.8. The van der Waals surface area contributed by atoms with Crippen molar-refractivity contribution in [1.29, 1.82) is 0 Å². The second-order valence-electron chi connectivity index (χ2n) is 4.65. The molecule has 0 spiro atoms. The van der Waals surface area contributed by atoms with Crippen molar-refractivity contribution < 1.29 is 23.5 Å². The molecule has 0 aliphatic rings. The molecule has 0 saturated carbocycles. The standard InChI is InChI=1S/C14H12AsF2IN3O4/c1-21-14(24)11(17)10(12(19-21)13(23)20-25-5-4-22)15-8-3-2-7(18)6-9(8)16/h2-3,6,22H,4-5H2,1H3,(H,20,23). The van der Waals surface area contributed by atoms with Crippen LogP contribution in [0.3, 0.4) is 0 Å². The fourth-order valence-corrected chi connectivity index (χ4v) is 4.31. The predicted molar refractivity (Wildman–Crippen MR) is 94.1 cm³/mol. The third-order valence-corrected chi connectivity index (χ3v) is 6.14. The summed E-state index contributed by atoms with van der Waals surface area (Å²) in [6.07, 6.45) is 0. The minimum atomic E-state index is -1.35. The maximum atomic E-state index is 14.4. The molecule has 2 N–H and O–H groups in total. The van der Waals surface area contributed by atoms with E-state index in [-0.39, 0.29) is 27.6 Å². The van der Waals surface area contributed by atoms with Crippen LogP contribution < -0.4 is 19.7 Å². The second kappa shape index (κ2) is 8.83. The van der Waals surface area contributed by atoms with E-state index in [1.807, 2.05) is 28.1 Å². The number of nitrogens with zero attached hydrogens (tertiary/aromatic N) is 2. The number of benzene rings is 1. The third-order valence-electron chi connectivity index (χ3n) is 2.88. The Balaban J connectivity index is 2.45. The summed E-state index contributed by atoms with van der Waals surface area (Å²) in [6.45, 7) is -0.503. The van der Waals surface area contributed by atoms with Gasteiger partial charge >= 0.3 is 161 Å². The molecule has 0 aliphatic carbocycles. The second-order valence-corrected chi connectivity index (χ2v) is 8.31. The minimum absolute atomic E-state index is 0.172. The van der Waals surface area contributed by atoms with Crippen LogP contribution >= 0.6 is 22.6 Å². The van der Waals surface area contributed by atoms with Gasteiger partial charge in [-0.25, -0.2) is 0 Å². The van der Waals surface area contributed by atoms with Crippen LogP contribution in [0.2, 0.25) is 0 Å². The van der Waals surface area contributed by atoms with Gasteiger partial charge in [-0.05, 0) is 0 Å². The van der Waals surface area contributed by atoms with E-state index in [0.717, 1.165) is 0 Å². The Kier molecular flexibility index (Phi) is 7.05. The average molecular weight is 526 g/mol. The van der Waals surface area contributed by atoms with Gasteiger partial charge < -0.3 is 0 Å². The fourth-order valence-electron chi connectivity index (χ4n) is 1.75. The Morgan fingerprint density at radius 3 is 2.84 bits per heavy atom. The molecule has 1 aromatic carbocycles. The van der Waals surface area contributed by atoms with Crippen LogP contribution in [-0.4, -0.2) is 49.8 Å². The van der Waals surface area contributed by atoms with Crippen molar-refractivity contribution in [3.63, 3.8) is 0 Å². The van der Waals surface area contributed by atoms with Crippen LogP contribution in [0.25, 0.3) is 0 Å². The van der Waals surface area contributed by atoms with E-state index in [0.29, 0.717) is 8.25 Å². The van der Waals surface area contributed by atoms with E-state index < -0.39 is 38.9 Å². The monoisotopic (exact) mass is 526 g/mol. The zero-order chi connectivity index (χ0) is 18.6. The summed E-state index contributed by atoms with van der Waals surface area (Å²) in [4.78, 5) is 28.6. The van der Waals surface area contributed by atoms with Crippen molar-refractivity contribution in [1.82, 2.24) is 15.3 Å². The van der Waals surface area contributed by atoms with E-state index in [1.165, 1.54) is 19.2 Å². The van der Waals surface area contributed by atoms with Gasteiger partial charge in [-0.2, -0.15) is 0 Å². The number of hydroxylamine groups is 1. The number of rotatable bonds is 6. The average Bonchev–Trinajstić information content (AvgIpc) is 2.57. The van der Waals surface area contributed by atoms with Crippen LogP contribution in [0.1, 0.15) is 10.5 Å². The molecule has 11 heteroatoms. The van der Waals surface area contributed by atoms with E-state index in [2.05, 4.69) is 9.94 Å². The third kappa shape index (κ3) is 4.84. The summed E-state index contributed by atoms with van der Waals surface area (Å²) >= 11 is 0.585. The number of aryl methyl sites for hydroxylation is 1. The molecule has 1 heterocycles. The van der Waals surface area contributed by atoms with Gasteiger partial charge in [-0.1, -0.05) is 0 Å². The number of aliphatic hydroxyl groups excluding tert-OH is 1. The first-order valence-corrected chi connectivity index (χ1v) is 9.77. The molecule has 1 aromatic heterocycles. The van der Waals surface area contributed by atoms with E-state index in [1.54, 1.807) is 6.07 Å².